The number of likely N-dealkylation sites (tertiary alicyclic amines) is 1. The molecule has 4 rings (SSSR count). The lowest BCUT2D eigenvalue weighted by molar-refractivity contribution is -0.139. The summed E-state index contributed by atoms with van der Waals surface area (Å²) in [5, 5.41) is 0. The Morgan fingerprint density at radius 2 is 1.93 bits per heavy atom. The molecule has 6 nitrogen and oxygen atoms in total. The zero-order chi connectivity index (χ0) is 20.9. The van der Waals surface area contributed by atoms with Crippen LogP contribution in [0.25, 0.3) is 22.3 Å². The van der Waals surface area contributed by atoms with Crippen molar-refractivity contribution in [3.05, 3.63) is 52.6 Å². The Kier molecular flexibility index (Phi) is 4.44. The fourth-order valence-corrected chi connectivity index (χ4v) is 3.33. The van der Waals surface area contributed by atoms with Gasteiger partial charge >= 0.3 is 11.9 Å². The molecule has 1 aliphatic rings. The van der Waals surface area contributed by atoms with Gasteiger partial charge in [-0.3, -0.25) is 13.9 Å². The highest BCUT2D eigenvalue weighted by atomic mass is 19.4. The number of aryl methyl sites for hydroxylation is 1. The lowest BCUT2D eigenvalue weighted by atomic mass is 10.0. The smallest absolute Gasteiger partial charge is 0.335 e. The van der Waals surface area contributed by atoms with Gasteiger partial charge in [-0.05, 0) is 23.8 Å². The lowest BCUT2D eigenvalue weighted by Crippen LogP contribution is -2.52. The number of benzene rings is 1. The number of rotatable bonds is 3. The maximum absolute atomic E-state index is 13.0. The number of halogens is 4. The molecule has 10 heteroatoms. The highest BCUT2D eigenvalue weighted by Gasteiger charge is 2.32. The Balaban J connectivity index is 1.76. The van der Waals surface area contributed by atoms with E-state index < -0.39 is 29.5 Å². The number of pyridine rings is 1. The minimum Gasteiger partial charge on any atom is -0.335 e. The molecule has 0 aliphatic carbocycles. The van der Waals surface area contributed by atoms with Gasteiger partial charge in [-0.15, -0.1) is 0 Å². The van der Waals surface area contributed by atoms with Gasteiger partial charge in [-0.25, -0.2) is 14.2 Å². The van der Waals surface area contributed by atoms with Crippen molar-refractivity contribution in [2.45, 2.75) is 18.9 Å². The van der Waals surface area contributed by atoms with Gasteiger partial charge in [0.1, 0.15) is 12.7 Å². The van der Waals surface area contributed by atoms with Crippen LogP contribution in [0.2, 0.25) is 0 Å². The van der Waals surface area contributed by atoms with Crippen molar-refractivity contribution >= 4 is 17.1 Å². The quantitative estimate of drug-likeness (QED) is 0.626. The number of carbonyl (C=O) groups excluding carboxylic acids is 1. The van der Waals surface area contributed by atoms with Crippen molar-refractivity contribution in [3.8, 4) is 11.1 Å². The Bertz CT molecular complexity index is 1160. The minimum atomic E-state index is -4.49. The molecule has 0 spiro atoms. The summed E-state index contributed by atoms with van der Waals surface area (Å²) in [6.07, 6.45) is -4.16. The van der Waals surface area contributed by atoms with Crippen LogP contribution in [0.1, 0.15) is 5.56 Å². The number of amides is 1. The van der Waals surface area contributed by atoms with E-state index in [-0.39, 0.29) is 25.2 Å². The molecule has 1 aromatic carbocycles. The standard InChI is InChI=1S/C19H16F4N4O2/c1-25-17-15(27(18(25)29)10-16(28)26-8-14(20)9-26)6-12(7-24-17)11-3-2-4-13(5-11)19(21,22)23/h2-7,14H,8-10H2,1H3. The SMILES string of the molecule is Cn1c(=O)n(CC(=O)N2CC(F)C2)c2cc(-c3cccc(C(F)(F)F)c3)cnc21. The number of hydrogen-bond acceptors (Lipinski definition) is 3. The predicted molar refractivity (Wildman–Crippen MR) is 96.9 cm³/mol. The number of carbonyl (C=O) groups is 1. The molecule has 0 bridgehead atoms. The third-order valence-electron chi connectivity index (χ3n) is 4.98. The van der Waals surface area contributed by atoms with Gasteiger partial charge in [-0.2, -0.15) is 13.2 Å². The summed E-state index contributed by atoms with van der Waals surface area (Å²) >= 11 is 0. The van der Waals surface area contributed by atoms with Gasteiger partial charge in [-0.1, -0.05) is 12.1 Å². The second-order valence-electron chi connectivity index (χ2n) is 6.97. The normalized spacial score (nSPS) is 15.0. The Morgan fingerprint density at radius 3 is 2.59 bits per heavy atom. The maximum Gasteiger partial charge on any atom is 0.416 e. The largest absolute Gasteiger partial charge is 0.416 e. The zero-order valence-electron chi connectivity index (χ0n) is 15.3. The first-order valence-electron chi connectivity index (χ1n) is 8.80. The molecule has 0 unspecified atom stereocenters. The van der Waals surface area contributed by atoms with Crippen molar-refractivity contribution < 1.29 is 22.4 Å². The Labute approximate surface area is 162 Å². The van der Waals surface area contributed by atoms with Gasteiger partial charge in [0.25, 0.3) is 0 Å². The molecule has 0 radical (unpaired) electrons. The summed E-state index contributed by atoms with van der Waals surface area (Å²) in [5.41, 5.74) is -0.00757. The van der Waals surface area contributed by atoms with Gasteiger partial charge in [0, 0.05) is 18.8 Å². The molecule has 29 heavy (non-hydrogen) atoms. The van der Waals surface area contributed by atoms with Crippen LogP contribution in [0.15, 0.2) is 41.3 Å². The number of imidazole rings is 1. The third kappa shape index (κ3) is 3.39. The lowest BCUT2D eigenvalue weighted by Gasteiger charge is -2.34. The molecule has 3 aromatic rings. The first kappa shape index (κ1) is 19.2. The first-order valence-corrected chi connectivity index (χ1v) is 8.80. The van der Waals surface area contributed by atoms with Gasteiger partial charge in [0.15, 0.2) is 5.65 Å². The highest BCUT2D eigenvalue weighted by molar-refractivity contribution is 5.82. The second kappa shape index (κ2) is 6.71. The molecule has 2 aromatic heterocycles. The third-order valence-corrected chi connectivity index (χ3v) is 4.98. The van der Waals surface area contributed by atoms with Crippen LogP contribution in [0, 0.1) is 0 Å². The van der Waals surface area contributed by atoms with E-state index in [0.29, 0.717) is 16.7 Å². The number of fused-ring (bicyclic) bond motifs is 1. The van der Waals surface area contributed by atoms with Gasteiger partial charge in [0.05, 0.1) is 24.2 Å². The van der Waals surface area contributed by atoms with E-state index in [9.17, 15) is 27.2 Å². The number of nitrogens with zero attached hydrogens (tertiary/aromatic N) is 4. The molecule has 1 saturated heterocycles. The molecule has 0 N–H and O–H groups in total. The molecule has 3 heterocycles. The molecule has 1 amide bonds. The second-order valence-corrected chi connectivity index (χ2v) is 6.97. The van der Waals surface area contributed by atoms with E-state index in [1.54, 1.807) is 0 Å². The molecular weight excluding hydrogens is 392 g/mol. The van der Waals surface area contributed by atoms with E-state index in [4.69, 9.17) is 0 Å². The summed E-state index contributed by atoms with van der Waals surface area (Å²) < 4.78 is 54.5. The summed E-state index contributed by atoms with van der Waals surface area (Å²) in [4.78, 5) is 30.4. The van der Waals surface area contributed by atoms with E-state index in [0.717, 1.165) is 12.1 Å². The topological polar surface area (TPSA) is 60.1 Å². The molecule has 0 atom stereocenters. The molecular formula is C19H16F4N4O2. The molecule has 152 valence electrons. The van der Waals surface area contributed by atoms with Crippen LogP contribution < -0.4 is 5.69 Å². The van der Waals surface area contributed by atoms with Crippen molar-refractivity contribution in [3.63, 3.8) is 0 Å². The Morgan fingerprint density at radius 1 is 1.21 bits per heavy atom. The predicted octanol–water partition coefficient (Wildman–Crippen LogP) is 2.60. The number of hydrogen-bond donors (Lipinski definition) is 0. The maximum atomic E-state index is 13.0. The van der Waals surface area contributed by atoms with Crippen molar-refractivity contribution in [1.29, 1.82) is 0 Å². The van der Waals surface area contributed by atoms with E-state index >= 15 is 0 Å². The van der Waals surface area contributed by atoms with E-state index in [2.05, 4.69) is 4.98 Å². The first-order chi connectivity index (χ1) is 13.6. The van der Waals surface area contributed by atoms with Crippen LogP contribution in [0.4, 0.5) is 17.6 Å². The minimum absolute atomic E-state index is 0.00785. The molecule has 0 saturated carbocycles. The monoisotopic (exact) mass is 408 g/mol. The van der Waals surface area contributed by atoms with E-state index in [1.807, 2.05) is 0 Å². The number of aromatic nitrogens is 3. The fourth-order valence-electron chi connectivity index (χ4n) is 3.33. The van der Waals surface area contributed by atoms with Gasteiger partial charge in [0.2, 0.25) is 5.91 Å². The molecule has 1 aliphatic heterocycles. The molecule has 1 fully saturated rings. The highest BCUT2D eigenvalue weighted by Crippen LogP contribution is 2.32. The summed E-state index contributed by atoms with van der Waals surface area (Å²) in [5.74, 6) is -0.405. The van der Waals surface area contributed by atoms with Crippen molar-refractivity contribution in [2.24, 2.45) is 7.05 Å². The van der Waals surface area contributed by atoms with Crippen LogP contribution in [-0.4, -0.2) is 44.2 Å². The average Bonchev–Trinajstić information content (AvgIpc) is 2.89. The van der Waals surface area contributed by atoms with Crippen LogP contribution >= 0.6 is 0 Å². The zero-order valence-corrected chi connectivity index (χ0v) is 15.3. The number of alkyl halides is 4. The summed E-state index contributed by atoms with van der Waals surface area (Å²) in [6.45, 7) is -0.311. The Hall–Kier alpha value is -3.17. The van der Waals surface area contributed by atoms with Crippen molar-refractivity contribution in [1.82, 2.24) is 19.0 Å². The van der Waals surface area contributed by atoms with Crippen molar-refractivity contribution in [2.75, 3.05) is 13.1 Å². The van der Waals surface area contributed by atoms with Crippen LogP contribution in [-0.2, 0) is 24.6 Å². The van der Waals surface area contributed by atoms with E-state index in [1.165, 1.54) is 45.5 Å². The average molecular weight is 408 g/mol. The summed E-state index contributed by atoms with van der Waals surface area (Å²) in [6, 6.07) is 6.30. The fraction of sp³-hybridized carbons (Fsp3) is 0.316. The van der Waals surface area contributed by atoms with Crippen LogP contribution in [0.3, 0.4) is 0 Å². The van der Waals surface area contributed by atoms with Gasteiger partial charge < -0.3 is 4.90 Å². The summed E-state index contributed by atoms with van der Waals surface area (Å²) in [7, 11) is 1.49. The van der Waals surface area contributed by atoms with Crippen LogP contribution in [0.5, 0.6) is 0 Å².